The van der Waals surface area contributed by atoms with Crippen molar-refractivity contribution in [3.63, 3.8) is 0 Å². The predicted octanol–water partition coefficient (Wildman–Crippen LogP) is 1.69. The van der Waals surface area contributed by atoms with Crippen LogP contribution in [0.3, 0.4) is 0 Å². The van der Waals surface area contributed by atoms with Gasteiger partial charge >= 0.3 is 0 Å². The molecule has 118 valence electrons. The smallest absolute Gasteiger partial charge is 0.240 e. The van der Waals surface area contributed by atoms with Crippen molar-refractivity contribution < 1.29 is 8.42 Å². The normalized spacial score (nSPS) is 23.0. The second-order valence-electron chi connectivity index (χ2n) is 5.69. The largest absolute Gasteiger partial charge is 0.371 e. The fraction of sp³-hybridized carbons (Fsp3) is 0.600. The summed E-state index contributed by atoms with van der Waals surface area (Å²) in [6.07, 6.45) is 4.38. The Balaban J connectivity index is 2.13. The fourth-order valence-electron chi connectivity index (χ4n) is 3.14. The number of para-hydroxylation sites is 1. The number of sulfonamides is 1. The minimum absolute atomic E-state index is 0.210. The molecule has 1 fully saturated rings. The van der Waals surface area contributed by atoms with Crippen molar-refractivity contribution in [2.24, 2.45) is 5.14 Å². The van der Waals surface area contributed by atoms with Gasteiger partial charge in [0.2, 0.25) is 10.0 Å². The van der Waals surface area contributed by atoms with Crippen LogP contribution in [0.2, 0.25) is 0 Å². The third-order valence-corrected chi connectivity index (χ3v) is 5.25. The van der Waals surface area contributed by atoms with Gasteiger partial charge in [-0.25, -0.2) is 13.6 Å². The highest BCUT2D eigenvalue weighted by Gasteiger charge is 2.26. The van der Waals surface area contributed by atoms with Gasteiger partial charge in [0.05, 0.1) is 5.69 Å². The van der Waals surface area contributed by atoms with Crippen molar-refractivity contribution in [3.05, 3.63) is 24.3 Å². The average Bonchev–Trinajstić information content (AvgIpc) is 2.47. The number of hydrogen-bond donors (Lipinski definition) is 2. The van der Waals surface area contributed by atoms with E-state index in [1.165, 1.54) is 0 Å². The Morgan fingerprint density at radius 1 is 1.24 bits per heavy atom. The molecule has 1 aromatic rings. The van der Waals surface area contributed by atoms with Gasteiger partial charge in [-0.1, -0.05) is 19.1 Å². The van der Waals surface area contributed by atoms with E-state index in [0.29, 0.717) is 17.8 Å². The number of primary sulfonamides is 1. The van der Waals surface area contributed by atoms with Crippen LogP contribution in [0.25, 0.3) is 0 Å². The highest BCUT2D eigenvalue weighted by atomic mass is 32.2. The molecule has 0 radical (unpaired) electrons. The van der Waals surface area contributed by atoms with E-state index in [1.807, 2.05) is 19.2 Å². The summed E-state index contributed by atoms with van der Waals surface area (Å²) >= 11 is 0. The van der Waals surface area contributed by atoms with E-state index in [9.17, 15) is 8.42 Å². The Bertz CT molecular complexity index is 566. The lowest BCUT2D eigenvalue weighted by atomic mass is 9.90. The number of anilines is 1. The molecule has 5 nitrogen and oxygen atoms in total. The molecular formula is C15H25N3O2S. The number of nitrogens with two attached hydrogens (primary N) is 1. The summed E-state index contributed by atoms with van der Waals surface area (Å²) in [7, 11) is -1.73. The zero-order chi connectivity index (χ0) is 15.5. The van der Waals surface area contributed by atoms with E-state index in [4.69, 9.17) is 5.14 Å². The molecule has 21 heavy (non-hydrogen) atoms. The van der Waals surface area contributed by atoms with Crippen molar-refractivity contribution >= 4 is 15.7 Å². The van der Waals surface area contributed by atoms with Crippen LogP contribution >= 0.6 is 0 Å². The lowest BCUT2D eigenvalue weighted by molar-refractivity contribution is 0.341. The summed E-state index contributed by atoms with van der Waals surface area (Å²) in [6.45, 7) is 3.12. The molecule has 1 saturated carbocycles. The minimum atomic E-state index is -3.69. The number of nitrogens with zero attached hydrogens (tertiary/aromatic N) is 1. The monoisotopic (exact) mass is 311 g/mol. The van der Waals surface area contributed by atoms with Gasteiger partial charge in [-0.05, 0) is 44.4 Å². The number of benzene rings is 1. The van der Waals surface area contributed by atoms with Crippen LogP contribution in [0.15, 0.2) is 29.2 Å². The van der Waals surface area contributed by atoms with E-state index < -0.39 is 10.0 Å². The van der Waals surface area contributed by atoms with Crippen LogP contribution in [0.1, 0.15) is 32.6 Å². The van der Waals surface area contributed by atoms with Crippen molar-refractivity contribution in [2.75, 3.05) is 18.5 Å². The summed E-state index contributed by atoms with van der Waals surface area (Å²) in [5.41, 5.74) is 0.701. The minimum Gasteiger partial charge on any atom is -0.371 e. The molecule has 2 rings (SSSR count). The average molecular weight is 311 g/mol. The SMILES string of the molecule is CCNC1CCC(N(C)c2ccccc2S(N)(=O)=O)CC1. The van der Waals surface area contributed by atoms with E-state index in [2.05, 4.69) is 17.1 Å². The Hall–Kier alpha value is -1.11. The lowest BCUT2D eigenvalue weighted by Gasteiger charge is -2.36. The Labute approximate surface area is 127 Å². The zero-order valence-electron chi connectivity index (χ0n) is 12.7. The van der Waals surface area contributed by atoms with Crippen molar-refractivity contribution in [1.29, 1.82) is 0 Å². The first-order valence-electron chi connectivity index (χ1n) is 7.51. The van der Waals surface area contributed by atoms with Crippen LogP contribution in [0, 0.1) is 0 Å². The molecule has 1 aromatic carbocycles. The highest BCUT2D eigenvalue weighted by Crippen LogP contribution is 2.30. The highest BCUT2D eigenvalue weighted by molar-refractivity contribution is 7.89. The van der Waals surface area contributed by atoms with Crippen LogP contribution in [0.5, 0.6) is 0 Å². The molecule has 0 heterocycles. The third-order valence-electron chi connectivity index (χ3n) is 4.29. The predicted molar refractivity (Wildman–Crippen MR) is 85.9 cm³/mol. The second-order valence-corrected chi connectivity index (χ2v) is 7.22. The standard InChI is InChI=1S/C15H25N3O2S/c1-3-17-12-8-10-13(11-9-12)18(2)14-6-4-5-7-15(14)21(16,19)20/h4-7,12-13,17H,3,8-11H2,1-2H3,(H2,16,19,20). The number of rotatable bonds is 5. The maximum Gasteiger partial charge on any atom is 0.240 e. The zero-order valence-corrected chi connectivity index (χ0v) is 13.6. The Morgan fingerprint density at radius 3 is 2.43 bits per heavy atom. The van der Waals surface area contributed by atoms with Gasteiger partial charge in [0.15, 0.2) is 0 Å². The third kappa shape index (κ3) is 3.96. The van der Waals surface area contributed by atoms with E-state index in [0.717, 1.165) is 32.2 Å². The maximum absolute atomic E-state index is 11.7. The first-order chi connectivity index (χ1) is 9.93. The molecule has 0 atom stereocenters. The van der Waals surface area contributed by atoms with Crippen molar-refractivity contribution in [3.8, 4) is 0 Å². The quantitative estimate of drug-likeness (QED) is 0.868. The summed E-state index contributed by atoms with van der Waals surface area (Å²) in [6, 6.07) is 7.92. The molecular weight excluding hydrogens is 286 g/mol. The van der Waals surface area contributed by atoms with Gasteiger partial charge < -0.3 is 10.2 Å². The molecule has 1 aliphatic rings. The van der Waals surface area contributed by atoms with E-state index in [1.54, 1.807) is 12.1 Å². The van der Waals surface area contributed by atoms with Gasteiger partial charge in [0, 0.05) is 19.1 Å². The van der Waals surface area contributed by atoms with Gasteiger partial charge in [-0.3, -0.25) is 0 Å². The van der Waals surface area contributed by atoms with Crippen LogP contribution in [-0.4, -0.2) is 34.1 Å². The van der Waals surface area contributed by atoms with Gasteiger partial charge in [0.1, 0.15) is 4.90 Å². The summed E-state index contributed by atoms with van der Waals surface area (Å²) in [4.78, 5) is 2.28. The van der Waals surface area contributed by atoms with Crippen LogP contribution in [-0.2, 0) is 10.0 Å². The molecule has 0 saturated heterocycles. The van der Waals surface area contributed by atoms with Gasteiger partial charge in [-0.15, -0.1) is 0 Å². The van der Waals surface area contributed by atoms with Crippen molar-refractivity contribution in [1.82, 2.24) is 5.32 Å². The second kappa shape index (κ2) is 6.77. The van der Waals surface area contributed by atoms with Crippen LogP contribution < -0.4 is 15.4 Å². The number of hydrogen-bond acceptors (Lipinski definition) is 4. The first-order valence-corrected chi connectivity index (χ1v) is 9.06. The molecule has 0 bridgehead atoms. The molecule has 0 unspecified atom stereocenters. The molecule has 0 aromatic heterocycles. The summed E-state index contributed by atoms with van der Waals surface area (Å²) in [5.74, 6) is 0. The van der Waals surface area contributed by atoms with Crippen LogP contribution in [0.4, 0.5) is 5.69 Å². The maximum atomic E-state index is 11.7. The van der Waals surface area contributed by atoms with Gasteiger partial charge in [-0.2, -0.15) is 0 Å². The molecule has 0 amide bonds. The number of nitrogens with one attached hydrogen (secondary N) is 1. The lowest BCUT2D eigenvalue weighted by Crippen LogP contribution is -2.41. The molecule has 1 aliphatic carbocycles. The molecule has 6 heteroatoms. The summed E-state index contributed by atoms with van der Waals surface area (Å²) in [5, 5.41) is 8.81. The molecule has 0 spiro atoms. The van der Waals surface area contributed by atoms with Gasteiger partial charge in [0.25, 0.3) is 0 Å². The van der Waals surface area contributed by atoms with E-state index >= 15 is 0 Å². The summed E-state index contributed by atoms with van der Waals surface area (Å²) < 4.78 is 23.4. The van der Waals surface area contributed by atoms with E-state index in [-0.39, 0.29) is 4.90 Å². The first kappa shape index (κ1) is 16.3. The Morgan fingerprint density at radius 2 is 1.86 bits per heavy atom. The molecule has 0 aliphatic heterocycles. The Kier molecular flexibility index (Phi) is 5.24. The van der Waals surface area contributed by atoms with Crippen molar-refractivity contribution in [2.45, 2.75) is 49.6 Å². The topological polar surface area (TPSA) is 75.4 Å². The molecule has 3 N–H and O–H groups in total. The fourth-order valence-corrected chi connectivity index (χ4v) is 3.91.